The van der Waals surface area contributed by atoms with Gasteiger partial charge in [-0.25, -0.2) is 14.4 Å². The van der Waals surface area contributed by atoms with E-state index < -0.39 is 0 Å². The molecule has 0 radical (unpaired) electrons. The predicted molar refractivity (Wildman–Crippen MR) is 119 cm³/mol. The molecule has 0 atom stereocenters. The Balaban J connectivity index is 1.29. The topological polar surface area (TPSA) is 59.5 Å². The van der Waals surface area contributed by atoms with Gasteiger partial charge >= 0.3 is 0 Å². The molecule has 1 fully saturated rings. The van der Waals surface area contributed by atoms with Crippen molar-refractivity contribution in [3.05, 3.63) is 71.3 Å². The molecule has 0 saturated carbocycles. The summed E-state index contributed by atoms with van der Waals surface area (Å²) in [5.41, 5.74) is 4.78. The van der Waals surface area contributed by atoms with E-state index in [9.17, 15) is 4.39 Å². The fourth-order valence-electron chi connectivity index (χ4n) is 3.90. The predicted octanol–water partition coefficient (Wildman–Crippen LogP) is 4.95. The monoisotopic (exact) mass is 418 g/mol. The molecular weight excluding hydrogens is 395 g/mol. The zero-order valence-electron chi connectivity index (χ0n) is 17.3. The maximum Gasteiger partial charge on any atom is 0.224 e. The van der Waals surface area contributed by atoms with E-state index in [0.29, 0.717) is 11.4 Å². The first kappa shape index (κ1) is 19.5. The molecule has 0 amide bonds. The number of anilines is 3. The highest BCUT2D eigenvalue weighted by Gasteiger charge is 2.18. The molecule has 1 N–H and O–H groups in total. The molecular formula is C24H23FN4O2. The summed E-state index contributed by atoms with van der Waals surface area (Å²) in [6, 6.07) is 13.4. The van der Waals surface area contributed by atoms with Gasteiger partial charge in [0.2, 0.25) is 5.88 Å². The summed E-state index contributed by atoms with van der Waals surface area (Å²) in [4.78, 5) is 10.7. The van der Waals surface area contributed by atoms with Crippen molar-refractivity contribution in [3.63, 3.8) is 0 Å². The molecule has 0 unspecified atom stereocenters. The molecule has 1 aliphatic carbocycles. The van der Waals surface area contributed by atoms with E-state index in [0.717, 1.165) is 55.2 Å². The van der Waals surface area contributed by atoms with Crippen molar-refractivity contribution in [3.8, 4) is 11.6 Å². The van der Waals surface area contributed by atoms with Crippen LogP contribution in [-0.4, -0.2) is 36.3 Å². The summed E-state index contributed by atoms with van der Waals surface area (Å²) in [6.45, 7) is 5.30. The van der Waals surface area contributed by atoms with Crippen LogP contribution in [0, 0.1) is 5.82 Å². The van der Waals surface area contributed by atoms with Gasteiger partial charge in [0.1, 0.15) is 12.1 Å². The molecule has 1 aromatic heterocycles. The fourth-order valence-corrected chi connectivity index (χ4v) is 3.90. The number of ether oxygens (including phenoxy) is 2. The van der Waals surface area contributed by atoms with Gasteiger partial charge in [0.25, 0.3) is 0 Å². The van der Waals surface area contributed by atoms with Crippen molar-refractivity contribution >= 4 is 23.3 Å². The Bertz CT molecular complexity index is 1120. The number of aromatic nitrogens is 2. The van der Waals surface area contributed by atoms with Crippen LogP contribution in [0.1, 0.15) is 18.1 Å². The first-order chi connectivity index (χ1) is 15.2. The van der Waals surface area contributed by atoms with Gasteiger partial charge in [-0.05, 0) is 49.2 Å². The first-order valence-corrected chi connectivity index (χ1v) is 10.3. The largest absolute Gasteiger partial charge is 0.436 e. The van der Waals surface area contributed by atoms with Crippen LogP contribution < -0.4 is 15.0 Å². The molecule has 2 heterocycles. The van der Waals surface area contributed by atoms with Gasteiger partial charge in [-0.2, -0.15) is 0 Å². The highest BCUT2D eigenvalue weighted by atomic mass is 19.1. The molecule has 5 rings (SSSR count). The fraction of sp³-hybridized carbons (Fsp3) is 0.250. The number of nitrogens with one attached hydrogen (secondary N) is 1. The van der Waals surface area contributed by atoms with Crippen molar-refractivity contribution in [2.24, 2.45) is 0 Å². The molecule has 0 bridgehead atoms. The summed E-state index contributed by atoms with van der Waals surface area (Å²) in [6.07, 6.45) is 4.04. The van der Waals surface area contributed by atoms with Crippen LogP contribution in [-0.2, 0) is 11.2 Å². The quantitative estimate of drug-likeness (QED) is 0.633. The molecule has 0 spiro atoms. The second-order valence-corrected chi connectivity index (χ2v) is 7.73. The summed E-state index contributed by atoms with van der Waals surface area (Å²) in [5.74, 6) is 0.645. The molecule has 7 heteroatoms. The summed E-state index contributed by atoms with van der Waals surface area (Å²) < 4.78 is 26.0. The number of halogens is 1. The molecule has 158 valence electrons. The van der Waals surface area contributed by atoms with Gasteiger partial charge in [0.05, 0.1) is 13.2 Å². The summed E-state index contributed by atoms with van der Waals surface area (Å²) in [5, 5.41) is 3.24. The number of nitrogens with zero attached hydrogens (tertiary/aromatic N) is 3. The minimum absolute atomic E-state index is 0.157. The van der Waals surface area contributed by atoms with Crippen LogP contribution in [0.2, 0.25) is 0 Å². The lowest BCUT2D eigenvalue weighted by Gasteiger charge is -2.28. The molecule has 3 aromatic rings. The average molecular weight is 418 g/mol. The Morgan fingerprint density at radius 1 is 1.06 bits per heavy atom. The zero-order valence-corrected chi connectivity index (χ0v) is 17.3. The zero-order chi connectivity index (χ0) is 21.2. The van der Waals surface area contributed by atoms with Crippen molar-refractivity contribution < 1.29 is 13.9 Å². The lowest BCUT2D eigenvalue weighted by molar-refractivity contribution is 0.122. The molecule has 1 aliphatic heterocycles. The Morgan fingerprint density at radius 2 is 1.87 bits per heavy atom. The van der Waals surface area contributed by atoms with E-state index in [1.807, 2.05) is 31.2 Å². The van der Waals surface area contributed by atoms with Gasteiger partial charge in [0.15, 0.2) is 11.6 Å². The van der Waals surface area contributed by atoms with E-state index in [1.54, 1.807) is 12.1 Å². The third kappa shape index (κ3) is 4.22. The SMILES string of the molecule is CC1=Cc2c(ccc(Oc3cc(Nc4ccc(N5CCOCC5)cc4)ncn3)c2F)C1. The van der Waals surface area contributed by atoms with Crippen molar-refractivity contribution in [1.82, 2.24) is 9.97 Å². The summed E-state index contributed by atoms with van der Waals surface area (Å²) in [7, 11) is 0. The molecule has 2 aliphatic rings. The standard InChI is InChI=1S/C24H23FN4O2/c1-16-12-17-2-7-21(24(25)20(17)13-16)31-23-14-22(26-15-27-23)28-18-3-5-19(6-4-18)29-8-10-30-11-9-29/h2-7,13-15H,8-12H2,1H3,(H,26,27,28). The molecule has 31 heavy (non-hydrogen) atoms. The van der Waals surface area contributed by atoms with Crippen LogP contribution in [0.3, 0.4) is 0 Å². The van der Waals surface area contributed by atoms with Crippen molar-refractivity contribution in [2.75, 3.05) is 36.5 Å². The number of hydrogen-bond donors (Lipinski definition) is 1. The van der Waals surface area contributed by atoms with Gasteiger partial charge in [0, 0.05) is 36.1 Å². The second kappa shape index (κ2) is 8.35. The third-order valence-corrected chi connectivity index (χ3v) is 5.47. The number of morpholine rings is 1. The Kier molecular flexibility index (Phi) is 5.26. The Labute approximate surface area is 180 Å². The lowest BCUT2D eigenvalue weighted by atomic mass is 10.1. The minimum Gasteiger partial charge on any atom is -0.436 e. The number of allylic oxidation sites excluding steroid dienone is 1. The van der Waals surface area contributed by atoms with Crippen molar-refractivity contribution in [2.45, 2.75) is 13.3 Å². The van der Waals surface area contributed by atoms with E-state index in [2.05, 4.69) is 32.3 Å². The number of benzene rings is 2. The van der Waals surface area contributed by atoms with Crippen LogP contribution in [0.4, 0.5) is 21.6 Å². The van der Waals surface area contributed by atoms with E-state index in [1.165, 1.54) is 6.33 Å². The highest BCUT2D eigenvalue weighted by molar-refractivity contribution is 5.66. The van der Waals surface area contributed by atoms with Gasteiger partial charge in [-0.15, -0.1) is 0 Å². The van der Waals surface area contributed by atoms with Gasteiger partial charge in [-0.1, -0.05) is 17.7 Å². The maximum atomic E-state index is 14.8. The van der Waals surface area contributed by atoms with Crippen LogP contribution >= 0.6 is 0 Å². The van der Waals surface area contributed by atoms with E-state index in [-0.39, 0.29) is 17.4 Å². The number of fused-ring (bicyclic) bond motifs is 1. The van der Waals surface area contributed by atoms with Crippen LogP contribution in [0.25, 0.3) is 6.08 Å². The van der Waals surface area contributed by atoms with Crippen LogP contribution in [0.5, 0.6) is 11.6 Å². The maximum absolute atomic E-state index is 14.8. The van der Waals surface area contributed by atoms with E-state index >= 15 is 0 Å². The normalized spacial score (nSPS) is 15.4. The third-order valence-electron chi connectivity index (χ3n) is 5.47. The van der Waals surface area contributed by atoms with Crippen LogP contribution in [0.15, 0.2) is 54.4 Å². The highest BCUT2D eigenvalue weighted by Crippen LogP contribution is 2.34. The van der Waals surface area contributed by atoms with Gasteiger partial charge in [-0.3, -0.25) is 0 Å². The molecule has 2 aromatic carbocycles. The number of hydrogen-bond acceptors (Lipinski definition) is 6. The lowest BCUT2D eigenvalue weighted by Crippen LogP contribution is -2.36. The van der Waals surface area contributed by atoms with Crippen molar-refractivity contribution in [1.29, 1.82) is 0 Å². The molecule has 6 nitrogen and oxygen atoms in total. The minimum atomic E-state index is -0.360. The first-order valence-electron chi connectivity index (χ1n) is 10.3. The van der Waals surface area contributed by atoms with Gasteiger partial charge < -0.3 is 19.7 Å². The Morgan fingerprint density at radius 3 is 2.68 bits per heavy atom. The number of rotatable bonds is 5. The van der Waals surface area contributed by atoms with E-state index in [4.69, 9.17) is 9.47 Å². The smallest absolute Gasteiger partial charge is 0.224 e. The Hall–Kier alpha value is -3.45. The molecule has 1 saturated heterocycles. The average Bonchev–Trinajstić information content (AvgIpc) is 3.18. The summed E-state index contributed by atoms with van der Waals surface area (Å²) >= 11 is 0. The second-order valence-electron chi connectivity index (χ2n) is 7.73.